The van der Waals surface area contributed by atoms with Gasteiger partial charge in [-0.2, -0.15) is 5.26 Å². The van der Waals surface area contributed by atoms with Gasteiger partial charge in [-0.15, -0.1) is 0 Å². The van der Waals surface area contributed by atoms with Gasteiger partial charge in [0.25, 0.3) is 5.91 Å². The van der Waals surface area contributed by atoms with Gasteiger partial charge in [-0.1, -0.05) is 25.0 Å². The summed E-state index contributed by atoms with van der Waals surface area (Å²) >= 11 is 0. The molecule has 1 aliphatic rings. The van der Waals surface area contributed by atoms with Crippen LogP contribution in [0.4, 0.5) is 4.39 Å². The highest BCUT2D eigenvalue weighted by atomic mass is 19.1. The Balaban J connectivity index is 2.12. The Bertz CT molecular complexity index is 660. The van der Waals surface area contributed by atoms with Crippen LogP contribution in [0.5, 0.6) is 0 Å². The van der Waals surface area contributed by atoms with Gasteiger partial charge < -0.3 is 9.64 Å². The summed E-state index contributed by atoms with van der Waals surface area (Å²) in [6, 6.07) is 7.90. The second-order valence-electron chi connectivity index (χ2n) is 6.51. The van der Waals surface area contributed by atoms with Crippen LogP contribution in [0, 0.1) is 17.1 Å². The minimum atomic E-state index is -0.922. The second kappa shape index (κ2) is 8.11. The smallest absolute Gasteiger partial charge is 0.317 e. The molecule has 1 aliphatic carbocycles. The first-order valence-electron chi connectivity index (χ1n) is 8.50. The van der Waals surface area contributed by atoms with Gasteiger partial charge in [-0.3, -0.25) is 9.59 Å². The van der Waals surface area contributed by atoms with E-state index in [4.69, 9.17) is 10.00 Å². The van der Waals surface area contributed by atoms with E-state index in [9.17, 15) is 14.0 Å². The van der Waals surface area contributed by atoms with E-state index in [0.29, 0.717) is 19.4 Å². The zero-order valence-electron chi connectivity index (χ0n) is 14.6. The van der Waals surface area contributed by atoms with Crippen LogP contribution < -0.4 is 0 Å². The second-order valence-corrected chi connectivity index (χ2v) is 6.51. The van der Waals surface area contributed by atoms with E-state index in [0.717, 1.165) is 18.4 Å². The number of nitrogens with zero attached hydrogens (tertiary/aromatic N) is 2. The molecule has 0 aromatic heterocycles. The van der Waals surface area contributed by atoms with Gasteiger partial charge in [0.05, 0.1) is 17.9 Å². The third-order valence-electron chi connectivity index (χ3n) is 4.81. The molecule has 1 atom stereocenters. The van der Waals surface area contributed by atoms with E-state index < -0.39 is 17.5 Å². The molecule has 0 N–H and O–H groups in total. The maximum absolute atomic E-state index is 13.2. The van der Waals surface area contributed by atoms with Gasteiger partial charge in [-0.25, -0.2) is 4.39 Å². The third-order valence-corrected chi connectivity index (χ3v) is 4.81. The maximum atomic E-state index is 13.2. The molecule has 0 heterocycles. The van der Waals surface area contributed by atoms with Gasteiger partial charge in [0, 0.05) is 13.6 Å². The number of carbonyl (C=O) groups is 2. The number of nitriles is 1. The van der Waals surface area contributed by atoms with E-state index in [2.05, 4.69) is 0 Å². The van der Waals surface area contributed by atoms with Crippen molar-refractivity contribution >= 4 is 11.9 Å². The van der Waals surface area contributed by atoms with E-state index in [1.54, 1.807) is 19.2 Å². The van der Waals surface area contributed by atoms with Crippen LogP contribution in [0.25, 0.3) is 0 Å². The number of amides is 1. The first-order chi connectivity index (χ1) is 11.9. The van der Waals surface area contributed by atoms with Crippen LogP contribution in [0.15, 0.2) is 24.3 Å². The zero-order valence-corrected chi connectivity index (χ0v) is 14.6. The van der Waals surface area contributed by atoms with Crippen molar-refractivity contribution in [3.05, 3.63) is 35.6 Å². The van der Waals surface area contributed by atoms with Crippen molar-refractivity contribution in [2.45, 2.75) is 50.5 Å². The molecule has 0 unspecified atom stereocenters. The van der Waals surface area contributed by atoms with E-state index in [1.807, 2.05) is 6.07 Å². The van der Waals surface area contributed by atoms with Gasteiger partial charge in [0.1, 0.15) is 5.82 Å². The number of rotatable bonds is 6. The molecule has 2 rings (SSSR count). The Labute approximate surface area is 147 Å². The molecule has 0 radical (unpaired) electrons. The van der Waals surface area contributed by atoms with Crippen LogP contribution in [-0.4, -0.2) is 36.5 Å². The fourth-order valence-electron chi connectivity index (χ4n) is 3.32. The van der Waals surface area contributed by atoms with Crippen molar-refractivity contribution in [2.24, 2.45) is 0 Å². The van der Waals surface area contributed by atoms with Gasteiger partial charge >= 0.3 is 5.97 Å². The van der Waals surface area contributed by atoms with E-state index in [1.165, 1.54) is 24.0 Å². The Hall–Kier alpha value is -2.42. The van der Waals surface area contributed by atoms with Crippen LogP contribution in [0.3, 0.4) is 0 Å². The summed E-state index contributed by atoms with van der Waals surface area (Å²) in [6.07, 6.45) is 2.33. The average molecular weight is 346 g/mol. The zero-order chi connectivity index (χ0) is 18.4. The molecule has 25 heavy (non-hydrogen) atoms. The number of likely N-dealkylation sites (N-methyl/N-ethyl adjacent to an activating group) is 1. The minimum Gasteiger partial charge on any atom is -0.452 e. The molecule has 1 aromatic rings. The number of ether oxygens (including phenoxy) is 1. The third kappa shape index (κ3) is 4.16. The lowest BCUT2D eigenvalue weighted by atomic mass is 9.79. The molecule has 5 nitrogen and oxygen atoms in total. The quantitative estimate of drug-likeness (QED) is 0.743. The van der Waals surface area contributed by atoms with Crippen LogP contribution in [0.1, 0.15) is 44.6 Å². The van der Waals surface area contributed by atoms with Crippen molar-refractivity contribution in [1.29, 1.82) is 5.26 Å². The molecular formula is C19H23FN2O3. The van der Waals surface area contributed by atoms with Crippen molar-refractivity contribution in [2.75, 3.05) is 13.6 Å². The molecule has 1 fully saturated rings. The first kappa shape index (κ1) is 18.9. The van der Waals surface area contributed by atoms with Crippen molar-refractivity contribution in [3.8, 4) is 6.07 Å². The van der Waals surface area contributed by atoms with Crippen molar-refractivity contribution in [1.82, 2.24) is 4.90 Å². The van der Waals surface area contributed by atoms with Crippen LogP contribution in [0.2, 0.25) is 0 Å². The highest BCUT2D eigenvalue weighted by molar-refractivity contribution is 5.88. The topological polar surface area (TPSA) is 70.4 Å². The lowest BCUT2D eigenvalue weighted by Crippen LogP contribution is -2.42. The largest absolute Gasteiger partial charge is 0.452 e. The number of esters is 1. The Morgan fingerprint density at radius 1 is 1.32 bits per heavy atom. The Morgan fingerprint density at radius 3 is 2.48 bits per heavy atom. The summed E-state index contributed by atoms with van der Waals surface area (Å²) in [5.41, 5.74) is -0.0816. The summed E-state index contributed by atoms with van der Waals surface area (Å²) in [4.78, 5) is 26.5. The molecule has 134 valence electrons. The van der Waals surface area contributed by atoms with Gasteiger partial charge in [-0.05, 0) is 37.5 Å². The Morgan fingerprint density at radius 2 is 1.92 bits per heavy atom. The molecule has 0 spiro atoms. The van der Waals surface area contributed by atoms with Gasteiger partial charge in [0.15, 0.2) is 6.10 Å². The number of hydrogen-bond acceptors (Lipinski definition) is 4. The summed E-state index contributed by atoms with van der Waals surface area (Å²) in [5, 5.41) is 8.60. The highest BCUT2D eigenvalue weighted by Crippen LogP contribution is 2.42. The number of carbonyl (C=O) groups excluding carboxylic acids is 2. The van der Waals surface area contributed by atoms with Crippen molar-refractivity contribution in [3.63, 3.8) is 0 Å². The summed E-state index contributed by atoms with van der Waals surface area (Å²) in [6.45, 7) is 1.83. The Kier molecular flexibility index (Phi) is 6.13. The predicted octanol–water partition coefficient (Wildman–Crippen LogP) is 2.94. The predicted molar refractivity (Wildman–Crippen MR) is 90.0 cm³/mol. The number of halogens is 1. The SMILES string of the molecule is C[C@H](OC(=O)C1(c2ccc(F)cc2)CCCC1)C(=O)N(C)CCC#N. The first-order valence-corrected chi connectivity index (χ1v) is 8.50. The molecule has 0 saturated heterocycles. The number of benzene rings is 1. The molecule has 1 saturated carbocycles. The van der Waals surface area contributed by atoms with Crippen LogP contribution >= 0.6 is 0 Å². The molecule has 0 aliphatic heterocycles. The van der Waals surface area contributed by atoms with Crippen molar-refractivity contribution < 1.29 is 18.7 Å². The molecular weight excluding hydrogens is 323 g/mol. The van der Waals surface area contributed by atoms with E-state index >= 15 is 0 Å². The minimum absolute atomic E-state index is 0.225. The molecule has 1 amide bonds. The van der Waals surface area contributed by atoms with E-state index in [-0.39, 0.29) is 18.1 Å². The molecule has 6 heteroatoms. The molecule has 0 bridgehead atoms. The highest BCUT2D eigenvalue weighted by Gasteiger charge is 2.45. The normalized spacial score (nSPS) is 16.7. The maximum Gasteiger partial charge on any atom is 0.317 e. The van der Waals surface area contributed by atoms with Gasteiger partial charge in [0.2, 0.25) is 0 Å². The lowest BCUT2D eigenvalue weighted by molar-refractivity contribution is -0.163. The van der Waals surface area contributed by atoms with Crippen LogP contribution in [-0.2, 0) is 19.7 Å². The standard InChI is InChI=1S/C19H23FN2O3/c1-14(17(23)22(2)13-5-12-21)25-18(24)19(10-3-4-11-19)15-6-8-16(20)9-7-15/h6-9,14H,3-5,10-11,13H2,1-2H3/t14-/m0/s1. The summed E-state index contributed by atoms with van der Waals surface area (Å²) in [5.74, 6) is -1.13. The number of hydrogen-bond donors (Lipinski definition) is 0. The summed E-state index contributed by atoms with van der Waals surface area (Å²) in [7, 11) is 1.58. The summed E-state index contributed by atoms with van der Waals surface area (Å²) < 4.78 is 18.7. The lowest BCUT2D eigenvalue weighted by Gasteiger charge is -2.29. The molecule has 1 aromatic carbocycles. The monoisotopic (exact) mass is 346 g/mol. The fraction of sp³-hybridized carbons (Fsp3) is 0.526. The average Bonchev–Trinajstić information content (AvgIpc) is 3.10. The fourth-order valence-corrected chi connectivity index (χ4v) is 3.32.